The van der Waals surface area contributed by atoms with Gasteiger partial charge in [0.25, 0.3) is 5.91 Å². The minimum Gasteiger partial charge on any atom is -0.490 e. The Balaban J connectivity index is 0.657. The van der Waals surface area contributed by atoms with E-state index in [2.05, 4.69) is 42.5 Å². The molecule has 3 fully saturated rings. The lowest BCUT2D eigenvalue weighted by Gasteiger charge is -2.36. The largest absolute Gasteiger partial charge is 0.490 e. The molecule has 0 spiro atoms. The number of aromatic nitrogens is 4. The number of pyridine rings is 1. The van der Waals surface area contributed by atoms with Gasteiger partial charge in [0.15, 0.2) is 10.8 Å². The number of carbonyl (C=O) groups excluding carboxylic acids is 3. The summed E-state index contributed by atoms with van der Waals surface area (Å²) in [6, 6.07) is 29.5. The quantitative estimate of drug-likeness (QED) is 0.0697. The van der Waals surface area contributed by atoms with E-state index in [9.17, 15) is 24.3 Å². The molecule has 1 atom stereocenters. The molecule has 3 aromatic heterocycles. The van der Waals surface area contributed by atoms with E-state index >= 15 is 0 Å². The number of para-hydroxylation sites is 2. The number of carboxylic acids is 1. The number of unbranched alkanes of at least 4 members (excludes halogenated alkanes) is 1. The second-order valence-corrected chi connectivity index (χ2v) is 21.2. The molecule has 4 aliphatic rings. The van der Waals surface area contributed by atoms with Crippen LogP contribution in [-0.4, -0.2) is 98.8 Å². The summed E-state index contributed by atoms with van der Waals surface area (Å²) in [4.78, 5) is 67.5. The third kappa shape index (κ3) is 10.0. The molecule has 3 amide bonds. The maximum Gasteiger partial charge on any atom is 0.355 e. The predicted molar refractivity (Wildman–Crippen MR) is 285 cm³/mol. The first-order valence-electron chi connectivity index (χ1n) is 25.8. The third-order valence-corrected chi connectivity index (χ3v) is 16.5. The molecule has 3 aliphatic heterocycles. The van der Waals surface area contributed by atoms with Crippen molar-refractivity contribution in [1.82, 2.24) is 30.0 Å². The van der Waals surface area contributed by atoms with Crippen LogP contribution in [0.5, 0.6) is 5.75 Å². The highest BCUT2D eigenvalue weighted by molar-refractivity contribution is 7.22. The number of nitrogens with zero attached hydrogens (tertiary/aromatic N) is 7. The van der Waals surface area contributed by atoms with Gasteiger partial charge in [0.05, 0.1) is 39.1 Å². The number of anilines is 3. The summed E-state index contributed by atoms with van der Waals surface area (Å²) in [5.74, 6) is -0.195. The molecule has 0 radical (unpaired) electrons. The number of rotatable bonds is 14. The molecule has 1 unspecified atom stereocenters. The van der Waals surface area contributed by atoms with Crippen LogP contribution in [0.15, 0.2) is 91.0 Å². The topological polar surface area (TPSA) is 175 Å². The van der Waals surface area contributed by atoms with Crippen LogP contribution in [0.1, 0.15) is 107 Å². The summed E-state index contributed by atoms with van der Waals surface area (Å²) in [6.45, 7) is 8.02. The highest BCUT2D eigenvalue weighted by Crippen LogP contribution is 2.39. The van der Waals surface area contributed by atoms with Gasteiger partial charge in [-0.2, -0.15) is 5.10 Å². The fourth-order valence-electron chi connectivity index (χ4n) is 11.6. The number of carboxylic acid groups (broad SMARTS) is 1. The first kappa shape index (κ1) is 48.1. The van der Waals surface area contributed by atoms with Crippen LogP contribution >= 0.6 is 11.3 Å². The Labute approximate surface area is 428 Å². The Hall–Kier alpha value is -7.17. The summed E-state index contributed by atoms with van der Waals surface area (Å²) in [5.41, 5.74) is 8.54. The molecular weight excluding hydrogens is 939 g/mol. The Kier molecular flexibility index (Phi) is 13.7. The van der Waals surface area contributed by atoms with E-state index < -0.39 is 11.9 Å². The van der Waals surface area contributed by atoms with Gasteiger partial charge in [-0.15, -0.1) is 0 Å². The summed E-state index contributed by atoms with van der Waals surface area (Å²) in [6.07, 6.45) is 9.50. The number of piperazine rings is 1. The van der Waals surface area contributed by atoms with Crippen LogP contribution in [0.3, 0.4) is 0 Å². The average Bonchev–Trinajstić information content (AvgIpc) is 3.98. The number of amides is 3. The number of benzene rings is 4. The normalized spacial score (nSPS) is 19.5. The number of nitrogens with one attached hydrogen (secondary N) is 2. The second kappa shape index (κ2) is 20.7. The maximum absolute atomic E-state index is 13.7. The molecule has 7 aromatic rings. The van der Waals surface area contributed by atoms with E-state index in [-0.39, 0.29) is 29.5 Å². The minimum absolute atomic E-state index is 0.0183. The number of piperidine rings is 1. The number of fused-ring (bicyclic) bond motifs is 3. The molecule has 4 aromatic carbocycles. The molecule has 1 saturated carbocycles. The molecule has 0 bridgehead atoms. The lowest BCUT2D eigenvalue weighted by Crippen LogP contribution is -2.46. The Morgan fingerprint density at radius 1 is 0.822 bits per heavy atom. The Morgan fingerprint density at radius 3 is 2.44 bits per heavy atom. The van der Waals surface area contributed by atoms with Gasteiger partial charge in [0.1, 0.15) is 11.6 Å². The summed E-state index contributed by atoms with van der Waals surface area (Å²) >= 11 is 1.44. The van der Waals surface area contributed by atoms with Gasteiger partial charge in [-0.3, -0.25) is 34.6 Å². The van der Waals surface area contributed by atoms with Crippen molar-refractivity contribution in [3.63, 3.8) is 0 Å². The average molecular weight is 1000 g/mol. The summed E-state index contributed by atoms with van der Waals surface area (Å²) < 4.78 is 9.59. The molecular formula is C57H61N9O6S. The van der Waals surface area contributed by atoms with Crippen LogP contribution in [-0.2, 0) is 29.6 Å². The van der Waals surface area contributed by atoms with Crippen LogP contribution in [0.25, 0.3) is 32.2 Å². The summed E-state index contributed by atoms with van der Waals surface area (Å²) in [7, 11) is 1.94. The molecule has 1 aliphatic carbocycles. The fraction of sp³-hybridized carbons (Fsp3) is 0.386. The van der Waals surface area contributed by atoms with Crippen LogP contribution in [0, 0.1) is 12.8 Å². The second-order valence-electron chi connectivity index (χ2n) is 20.1. The zero-order valence-corrected chi connectivity index (χ0v) is 42.3. The number of carbonyl (C=O) groups is 4. The number of imide groups is 1. The number of aromatic carboxylic acids is 1. The van der Waals surface area contributed by atoms with Crippen molar-refractivity contribution in [3.05, 3.63) is 125 Å². The van der Waals surface area contributed by atoms with Crippen LogP contribution < -0.4 is 25.2 Å². The van der Waals surface area contributed by atoms with Crippen LogP contribution in [0.4, 0.5) is 16.6 Å². The lowest BCUT2D eigenvalue weighted by atomic mass is 9.84. The van der Waals surface area contributed by atoms with Gasteiger partial charge >= 0.3 is 5.97 Å². The molecule has 3 N–H and O–H groups in total. The van der Waals surface area contributed by atoms with Gasteiger partial charge in [-0.05, 0) is 129 Å². The van der Waals surface area contributed by atoms with Gasteiger partial charge in [-0.25, -0.2) is 14.8 Å². The van der Waals surface area contributed by atoms with Gasteiger partial charge in [0, 0.05) is 69.3 Å². The first-order valence-corrected chi connectivity index (χ1v) is 26.7. The fourth-order valence-corrected chi connectivity index (χ4v) is 12.5. The van der Waals surface area contributed by atoms with Crippen LogP contribution in [0.2, 0.25) is 0 Å². The highest BCUT2D eigenvalue weighted by atomic mass is 32.1. The van der Waals surface area contributed by atoms with E-state index in [1.165, 1.54) is 30.6 Å². The highest BCUT2D eigenvalue weighted by Gasteiger charge is 2.33. The molecule has 2 saturated heterocycles. The van der Waals surface area contributed by atoms with Crippen molar-refractivity contribution >= 4 is 72.8 Å². The van der Waals surface area contributed by atoms with E-state index in [0.29, 0.717) is 60.3 Å². The molecule has 11 rings (SSSR count). The minimum atomic E-state index is -1.10. The Bertz CT molecular complexity index is 3210. The number of thiazole rings is 1. The zero-order chi connectivity index (χ0) is 50.2. The lowest BCUT2D eigenvalue weighted by molar-refractivity contribution is -0.134. The zero-order valence-electron chi connectivity index (χ0n) is 41.4. The van der Waals surface area contributed by atoms with E-state index in [4.69, 9.17) is 14.8 Å². The maximum atomic E-state index is 13.7. The standard InChI is InChI=1S/C57H61N9O6S/c1-35-39(40-23-25-49(59-52(40)56(70)71)66-29-27-37-11-7-13-41(44(37)34-66)54(68)61-57-58-45-15-3-4-18-48(45)73-57)12-9-17-47(35)72-38-21-19-36(20-22-38)10-5-6-28-64-30-32-65(33-31-64)46-16-8-14-42-51(62-63(2)53(42)46)43-24-26-50(67)60-55(43)69/h3-4,7-9,11-18,23,25,36,38,43H,5-6,10,19-22,24,26-34H2,1-2H3,(H,70,71)(H,58,61,68)(H,60,67,69)/t36-,38-,43?. The summed E-state index contributed by atoms with van der Waals surface area (Å²) in [5, 5.41) is 22.4. The Morgan fingerprint density at radius 2 is 1.63 bits per heavy atom. The molecule has 16 heteroatoms. The SMILES string of the molecule is Cc1c(O[C@H]2CC[C@H](CCCCN3CCN(c4cccc5c(C6CCC(=O)NC6=O)nn(C)c45)CC3)CC2)cccc1-c1ccc(N2CCc3cccc(C(=O)Nc4nc5ccccc5s4)c3C2)nc1C(=O)O. The number of ether oxygens (including phenoxy) is 1. The van der Waals surface area contributed by atoms with Crippen molar-refractivity contribution < 1.29 is 29.0 Å². The molecule has 73 heavy (non-hydrogen) atoms. The third-order valence-electron chi connectivity index (χ3n) is 15.6. The molecule has 15 nitrogen and oxygen atoms in total. The van der Waals surface area contributed by atoms with Gasteiger partial charge in [-0.1, -0.05) is 72.7 Å². The van der Waals surface area contributed by atoms with Gasteiger partial charge in [0.2, 0.25) is 11.8 Å². The van der Waals surface area contributed by atoms with E-state index in [0.717, 1.165) is 119 Å². The van der Waals surface area contributed by atoms with Crippen molar-refractivity contribution in [1.29, 1.82) is 0 Å². The van der Waals surface area contributed by atoms with Crippen molar-refractivity contribution in [3.8, 4) is 16.9 Å². The van der Waals surface area contributed by atoms with Crippen molar-refractivity contribution in [2.24, 2.45) is 13.0 Å². The van der Waals surface area contributed by atoms with Gasteiger partial charge < -0.3 is 19.6 Å². The smallest absolute Gasteiger partial charge is 0.355 e. The van der Waals surface area contributed by atoms with Crippen molar-refractivity contribution in [2.75, 3.05) is 54.4 Å². The monoisotopic (exact) mass is 999 g/mol. The van der Waals surface area contributed by atoms with E-state index in [1.807, 2.05) is 97.5 Å². The molecule has 6 heterocycles. The first-order chi connectivity index (χ1) is 35.5. The number of hydrogen-bond acceptors (Lipinski definition) is 12. The molecule has 376 valence electrons. The van der Waals surface area contributed by atoms with Crippen molar-refractivity contribution in [2.45, 2.75) is 89.7 Å². The number of hydrogen-bond donors (Lipinski definition) is 3. The number of aryl methyl sites for hydroxylation is 1. The predicted octanol–water partition coefficient (Wildman–Crippen LogP) is 9.52. The van der Waals surface area contributed by atoms with E-state index in [1.54, 1.807) is 0 Å².